The molecule has 0 saturated heterocycles. The molecular formula is C14H30InN. The maximum atomic E-state index is 5.74. The van der Waals surface area contributed by atoms with Crippen LogP contribution in [0.2, 0.25) is 13.0 Å². The van der Waals surface area contributed by atoms with Gasteiger partial charge in [-0.1, -0.05) is 0 Å². The first-order valence-corrected chi connectivity index (χ1v) is 15.3. The molecule has 0 heterocycles. The van der Waals surface area contributed by atoms with Crippen LogP contribution in [-0.2, 0) is 0 Å². The molecular weight excluding hydrogens is 297 g/mol. The van der Waals surface area contributed by atoms with E-state index < -0.39 is 21.4 Å². The molecule has 1 saturated carbocycles. The van der Waals surface area contributed by atoms with Gasteiger partial charge in [-0.2, -0.15) is 0 Å². The molecule has 1 aliphatic carbocycles. The van der Waals surface area contributed by atoms with Crippen LogP contribution in [0.3, 0.4) is 0 Å². The third-order valence-corrected chi connectivity index (χ3v) is 13.0. The molecule has 0 amide bonds. The normalized spacial score (nSPS) is 30.4. The summed E-state index contributed by atoms with van der Waals surface area (Å²) < 4.78 is 5.65. The summed E-state index contributed by atoms with van der Waals surface area (Å²) in [6.07, 6.45) is 8.85. The van der Waals surface area contributed by atoms with Crippen molar-refractivity contribution in [2.24, 2.45) is 17.1 Å². The Morgan fingerprint density at radius 2 is 2.06 bits per heavy atom. The Kier molecular flexibility index (Phi) is 6.80. The maximum absolute atomic E-state index is 5.74. The Hall–Kier alpha value is 0.830. The van der Waals surface area contributed by atoms with Crippen molar-refractivity contribution in [2.45, 2.75) is 65.4 Å². The van der Waals surface area contributed by atoms with Gasteiger partial charge >= 0.3 is 110 Å². The minimum atomic E-state index is -1.23. The average molecular weight is 327 g/mol. The van der Waals surface area contributed by atoms with E-state index in [9.17, 15) is 0 Å². The van der Waals surface area contributed by atoms with Crippen molar-refractivity contribution in [3.63, 3.8) is 0 Å². The fraction of sp³-hybridized carbons (Fsp3) is 1.00. The summed E-state index contributed by atoms with van der Waals surface area (Å²) in [5, 5.41) is 0. The fourth-order valence-corrected chi connectivity index (χ4v) is 12.5. The van der Waals surface area contributed by atoms with E-state index in [1.54, 1.807) is 4.18 Å². The van der Waals surface area contributed by atoms with E-state index in [1.807, 2.05) is 0 Å². The molecule has 0 aromatic rings. The van der Waals surface area contributed by atoms with Gasteiger partial charge < -0.3 is 0 Å². The number of hydrogen-bond acceptors (Lipinski definition) is 1. The number of rotatable bonds is 6. The van der Waals surface area contributed by atoms with E-state index in [4.69, 9.17) is 5.73 Å². The summed E-state index contributed by atoms with van der Waals surface area (Å²) in [5.41, 5.74) is 6.49. The first-order chi connectivity index (χ1) is 7.68. The van der Waals surface area contributed by atoms with Crippen LogP contribution < -0.4 is 5.73 Å². The van der Waals surface area contributed by atoms with E-state index >= 15 is 0 Å². The Bertz CT molecular complexity index is 195. The third kappa shape index (κ3) is 3.66. The molecule has 1 rings (SSSR count). The van der Waals surface area contributed by atoms with Crippen molar-refractivity contribution in [1.82, 2.24) is 0 Å². The van der Waals surface area contributed by atoms with Gasteiger partial charge in [0.05, 0.1) is 0 Å². The molecule has 0 aromatic heterocycles. The quantitative estimate of drug-likeness (QED) is 0.782. The van der Waals surface area contributed by atoms with Crippen LogP contribution in [0.5, 0.6) is 0 Å². The van der Waals surface area contributed by atoms with Gasteiger partial charge in [-0.25, -0.2) is 0 Å². The second-order valence-electron chi connectivity index (χ2n) is 5.95. The van der Waals surface area contributed by atoms with E-state index in [2.05, 4.69) is 18.5 Å². The molecule has 0 bridgehead atoms. The van der Waals surface area contributed by atoms with Gasteiger partial charge in [0.25, 0.3) is 0 Å². The molecule has 1 nitrogen and oxygen atoms in total. The molecule has 2 unspecified atom stereocenters. The van der Waals surface area contributed by atoms with Crippen LogP contribution in [0.4, 0.5) is 0 Å². The van der Waals surface area contributed by atoms with Crippen molar-refractivity contribution in [3.05, 3.63) is 0 Å². The summed E-state index contributed by atoms with van der Waals surface area (Å²) >= 11 is -1.23. The summed E-state index contributed by atoms with van der Waals surface area (Å²) in [4.78, 5) is 0. The second kappa shape index (κ2) is 7.31. The third-order valence-electron chi connectivity index (χ3n) is 4.95. The molecule has 94 valence electrons. The molecule has 1 fully saturated rings. The standard InChI is InChI=1S/C11H21.C2H6N.CH3.In/c1-4-10-8-6-7-9-11(10,3)5-2;1-2-3;;/h10H,3-9H2,1-2H3;1-3H2;1H3;. The Morgan fingerprint density at radius 1 is 1.31 bits per heavy atom. The molecule has 0 spiro atoms. The van der Waals surface area contributed by atoms with Crippen LogP contribution in [0.25, 0.3) is 0 Å². The molecule has 0 aromatic carbocycles. The second-order valence-corrected chi connectivity index (χ2v) is 15.1. The van der Waals surface area contributed by atoms with Gasteiger partial charge in [0.15, 0.2) is 0 Å². The summed E-state index contributed by atoms with van der Waals surface area (Å²) in [7, 11) is 0. The molecule has 2 heteroatoms. The first kappa shape index (κ1) is 14.9. The predicted octanol–water partition coefficient (Wildman–Crippen LogP) is 4.07. The first-order valence-electron chi connectivity index (χ1n) is 7.38. The van der Waals surface area contributed by atoms with Crippen molar-refractivity contribution >= 4 is 21.4 Å². The van der Waals surface area contributed by atoms with Gasteiger partial charge in [-0.3, -0.25) is 0 Å². The Balaban J connectivity index is 2.65. The molecule has 16 heavy (non-hydrogen) atoms. The predicted molar refractivity (Wildman–Crippen MR) is 75.3 cm³/mol. The van der Waals surface area contributed by atoms with E-state index in [-0.39, 0.29) is 0 Å². The van der Waals surface area contributed by atoms with Crippen molar-refractivity contribution in [1.29, 1.82) is 0 Å². The van der Waals surface area contributed by atoms with Crippen molar-refractivity contribution < 1.29 is 0 Å². The van der Waals surface area contributed by atoms with E-state index in [1.165, 1.54) is 42.7 Å². The topological polar surface area (TPSA) is 26.0 Å². The van der Waals surface area contributed by atoms with E-state index in [0.717, 1.165) is 17.9 Å². The van der Waals surface area contributed by atoms with E-state index in [0.29, 0.717) is 0 Å². The molecule has 2 atom stereocenters. The van der Waals surface area contributed by atoms with Crippen LogP contribution in [-0.4, -0.2) is 28.0 Å². The molecule has 0 aliphatic heterocycles. The zero-order valence-corrected chi connectivity index (χ0v) is 14.9. The van der Waals surface area contributed by atoms with Crippen molar-refractivity contribution in [3.8, 4) is 0 Å². The summed E-state index contributed by atoms with van der Waals surface area (Å²) in [6.45, 7) is 5.80. The summed E-state index contributed by atoms with van der Waals surface area (Å²) in [5.74, 6) is 1.03. The fourth-order valence-electron chi connectivity index (χ4n) is 3.97. The van der Waals surface area contributed by atoms with Crippen LogP contribution in [0.1, 0.15) is 52.4 Å². The van der Waals surface area contributed by atoms with Crippen LogP contribution in [0.15, 0.2) is 0 Å². The van der Waals surface area contributed by atoms with Gasteiger partial charge in [-0.05, 0) is 0 Å². The molecule has 1 aliphatic rings. The zero-order valence-electron chi connectivity index (χ0n) is 11.6. The van der Waals surface area contributed by atoms with Gasteiger partial charge in [0.1, 0.15) is 0 Å². The number of nitrogens with two attached hydrogens (primary N) is 1. The van der Waals surface area contributed by atoms with Gasteiger partial charge in [-0.15, -0.1) is 0 Å². The molecule has 2 N–H and O–H groups in total. The SMILES string of the molecule is CCC1CCCCC1(CC)[CH2][In]([CH3])[CH2]CN. The molecule has 0 radical (unpaired) electrons. The zero-order chi connectivity index (χ0) is 12.0. The van der Waals surface area contributed by atoms with Crippen LogP contribution >= 0.6 is 0 Å². The van der Waals surface area contributed by atoms with Crippen LogP contribution in [0, 0.1) is 11.3 Å². The van der Waals surface area contributed by atoms with Gasteiger partial charge in [0.2, 0.25) is 0 Å². The number of hydrogen-bond donors (Lipinski definition) is 1. The minimum absolute atomic E-state index is 0.748. The van der Waals surface area contributed by atoms with Gasteiger partial charge in [0, 0.05) is 0 Å². The van der Waals surface area contributed by atoms with Crippen molar-refractivity contribution in [2.75, 3.05) is 6.54 Å². The Labute approximate surface area is 110 Å². The monoisotopic (exact) mass is 327 g/mol. The Morgan fingerprint density at radius 3 is 2.62 bits per heavy atom. The average Bonchev–Trinajstić information content (AvgIpc) is 2.29. The summed E-state index contributed by atoms with van der Waals surface area (Å²) in [6, 6.07) is 0.